The molecule has 0 fully saturated rings. The number of fused-ring (bicyclic) bond motifs is 1. The van der Waals surface area contributed by atoms with E-state index in [0.29, 0.717) is 11.6 Å². The third kappa shape index (κ3) is 3.13. The van der Waals surface area contributed by atoms with E-state index in [2.05, 4.69) is 24.3 Å². The fraction of sp³-hybridized carbons (Fsp3) is 0.412. The summed E-state index contributed by atoms with van der Waals surface area (Å²) in [5.41, 5.74) is 2.17. The van der Waals surface area contributed by atoms with Crippen LogP contribution in [0, 0.1) is 5.92 Å². The van der Waals surface area contributed by atoms with Gasteiger partial charge in [-0.25, -0.2) is 0 Å². The number of nitrogens with one attached hydrogen (secondary N) is 1. The molecule has 1 amide bonds. The van der Waals surface area contributed by atoms with Crippen LogP contribution >= 0.6 is 0 Å². The third-order valence-corrected chi connectivity index (χ3v) is 3.55. The van der Waals surface area contributed by atoms with Gasteiger partial charge in [-0.1, -0.05) is 19.0 Å². The van der Waals surface area contributed by atoms with Crippen molar-refractivity contribution in [2.45, 2.75) is 39.7 Å². The summed E-state index contributed by atoms with van der Waals surface area (Å²) in [7, 11) is 0. The number of aromatic nitrogens is 1. The molecule has 1 aliphatic heterocycles. The molecule has 2 aromatic rings. The largest absolute Gasteiger partial charge is 0.490 e. The maximum atomic E-state index is 12.2. The van der Waals surface area contributed by atoms with Gasteiger partial charge in [-0.15, -0.1) is 0 Å². The van der Waals surface area contributed by atoms with Crippen LogP contribution in [0.5, 0.6) is 5.75 Å². The van der Waals surface area contributed by atoms with Gasteiger partial charge in [0.25, 0.3) is 5.91 Å². The van der Waals surface area contributed by atoms with Crippen LogP contribution in [0.25, 0.3) is 0 Å². The molecular weight excluding hydrogens is 280 g/mol. The molecule has 5 nitrogen and oxygen atoms in total. The van der Waals surface area contributed by atoms with E-state index in [1.54, 1.807) is 6.07 Å². The van der Waals surface area contributed by atoms with Gasteiger partial charge in [0.2, 0.25) is 0 Å². The summed E-state index contributed by atoms with van der Waals surface area (Å²) in [6.45, 7) is 6.22. The second-order valence-electron chi connectivity index (χ2n) is 6.19. The van der Waals surface area contributed by atoms with Gasteiger partial charge in [0, 0.05) is 24.6 Å². The van der Waals surface area contributed by atoms with E-state index in [0.717, 1.165) is 35.6 Å². The fourth-order valence-corrected chi connectivity index (χ4v) is 2.61. The molecule has 0 aliphatic carbocycles. The van der Waals surface area contributed by atoms with E-state index in [1.165, 1.54) is 0 Å². The summed E-state index contributed by atoms with van der Waals surface area (Å²) >= 11 is 0. The van der Waals surface area contributed by atoms with Crippen LogP contribution in [0.15, 0.2) is 28.8 Å². The summed E-state index contributed by atoms with van der Waals surface area (Å²) in [5.74, 6) is 1.83. The number of nitrogens with zero attached hydrogens (tertiary/aromatic N) is 1. The molecule has 116 valence electrons. The Balaban J connectivity index is 1.69. The van der Waals surface area contributed by atoms with Crippen molar-refractivity contribution in [3.05, 3.63) is 41.3 Å². The van der Waals surface area contributed by atoms with E-state index in [-0.39, 0.29) is 12.0 Å². The third-order valence-electron chi connectivity index (χ3n) is 3.55. The van der Waals surface area contributed by atoms with Crippen LogP contribution in [-0.2, 0) is 12.8 Å². The Hall–Kier alpha value is -2.30. The molecule has 1 aromatic heterocycles. The van der Waals surface area contributed by atoms with Gasteiger partial charge in [-0.2, -0.15) is 0 Å². The molecule has 1 aliphatic rings. The summed E-state index contributed by atoms with van der Waals surface area (Å²) in [6.07, 6.45) is 1.82. The molecule has 5 heteroatoms. The van der Waals surface area contributed by atoms with Crippen LogP contribution in [0.1, 0.15) is 42.6 Å². The molecule has 0 spiro atoms. The average Bonchev–Trinajstić information content (AvgIpc) is 3.03. The Morgan fingerprint density at radius 3 is 3.00 bits per heavy atom. The summed E-state index contributed by atoms with van der Waals surface area (Å²) in [4.78, 5) is 12.2. The fourth-order valence-electron chi connectivity index (χ4n) is 2.61. The molecule has 2 heterocycles. The van der Waals surface area contributed by atoms with E-state index >= 15 is 0 Å². The minimum absolute atomic E-state index is 0.190. The number of anilines is 1. The highest BCUT2D eigenvalue weighted by Crippen LogP contribution is 2.31. The highest BCUT2D eigenvalue weighted by Gasteiger charge is 2.20. The highest BCUT2D eigenvalue weighted by molar-refractivity contribution is 6.02. The number of hydrogen-bond acceptors (Lipinski definition) is 4. The van der Waals surface area contributed by atoms with Crippen molar-refractivity contribution < 1.29 is 14.1 Å². The molecule has 1 aromatic carbocycles. The van der Waals surface area contributed by atoms with Crippen molar-refractivity contribution in [2.24, 2.45) is 5.92 Å². The molecule has 0 radical (unpaired) electrons. The van der Waals surface area contributed by atoms with E-state index in [4.69, 9.17) is 9.26 Å². The molecule has 0 saturated carbocycles. The van der Waals surface area contributed by atoms with Crippen molar-refractivity contribution in [3.8, 4) is 5.75 Å². The lowest BCUT2D eigenvalue weighted by molar-refractivity contribution is 0.101. The Morgan fingerprint density at radius 2 is 2.23 bits per heavy atom. The second-order valence-corrected chi connectivity index (χ2v) is 6.19. The van der Waals surface area contributed by atoms with Crippen LogP contribution in [-0.4, -0.2) is 17.2 Å². The summed E-state index contributed by atoms with van der Waals surface area (Å²) in [5, 5.41) is 6.69. The maximum Gasteiger partial charge on any atom is 0.277 e. The Kier molecular flexibility index (Phi) is 3.88. The molecule has 1 atom stereocenters. The van der Waals surface area contributed by atoms with Crippen molar-refractivity contribution in [3.63, 3.8) is 0 Å². The van der Waals surface area contributed by atoms with Gasteiger partial charge in [0.15, 0.2) is 5.69 Å². The first-order valence-corrected chi connectivity index (χ1v) is 7.58. The van der Waals surface area contributed by atoms with Gasteiger partial charge in [0.05, 0.1) is 0 Å². The first-order valence-electron chi connectivity index (χ1n) is 7.58. The Labute approximate surface area is 129 Å². The summed E-state index contributed by atoms with van der Waals surface area (Å²) in [6, 6.07) is 7.38. The number of carbonyl (C=O) groups excluding carboxylic acids is 1. The lowest BCUT2D eigenvalue weighted by Crippen LogP contribution is -2.12. The number of carbonyl (C=O) groups is 1. The Bertz CT molecular complexity index is 691. The number of benzene rings is 1. The van der Waals surface area contributed by atoms with Crippen LogP contribution < -0.4 is 10.1 Å². The molecule has 3 rings (SSSR count). The molecule has 0 saturated heterocycles. The topological polar surface area (TPSA) is 64.4 Å². The number of rotatable bonds is 4. The van der Waals surface area contributed by atoms with Crippen LogP contribution in [0.3, 0.4) is 0 Å². The van der Waals surface area contributed by atoms with Gasteiger partial charge >= 0.3 is 0 Å². The first kappa shape index (κ1) is 14.6. The molecule has 1 unspecified atom stereocenters. The zero-order valence-corrected chi connectivity index (χ0v) is 13.1. The molecule has 1 N–H and O–H groups in total. The van der Waals surface area contributed by atoms with Crippen molar-refractivity contribution in [1.82, 2.24) is 5.16 Å². The lowest BCUT2D eigenvalue weighted by atomic mass is 10.1. The van der Waals surface area contributed by atoms with Crippen LogP contribution in [0.2, 0.25) is 0 Å². The minimum atomic E-state index is -0.259. The van der Waals surface area contributed by atoms with Crippen molar-refractivity contribution in [1.29, 1.82) is 0 Å². The Morgan fingerprint density at radius 1 is 1.41 bits per heavy atom. The van der Waals surface area contributed by atoms with Gasteiger partial charge in [0.1, 0.15) is 17.6 Å². The van der Waals surface area contributed by atoms with E-state index < -0.39 is 0 Å². The van der Waals surface area contributed by atoms with Crippen molar-refractivity contribution >= 4 is 11.6 Å². The zero-order chi connectivity index (χ0) is 15.7. The molecule has 22 heavy (non-hydrogen) atoms. The van der Waals surface area contributed by atoms with Crippen molar-refractivity contribution in [2.75, 3.05) is 5.32 Å². The maximum absolute atomic E-state index is 12.2. The van der Waals surface area contributed by atoms with Gasteiger partial charge in [-0.3, -0.25) is 4.79 Å². The van der Waals surface area contributed by atoms with E-state index in [9.17, 15) is 4.79 Å². The quantitative estimate of drug-likeness (QED) is 0.939. The predicted molar refractivity (Wildman–Crippen MR) is 83.2 cm³/mol. The average molecular weight is 300 g/mol. The lowest BCUT2D eigenvalue weighted by Gasteiger charge is -2.05. The number of hydrogen-bond donors (Lipinski definition) is 1. The highest BCUT2D eigenvalue weighted by atomic mass is 16.5. The molecular formula is C17H20N2O3. The predicted octanol–water partition coefficient (Wildman–Crippen LogP) is 3.45. The monoisotopic (exact) mass is 300 g/mol. The first-order chi connectivity index (χ1) is 10.5. The normalized spacial score (nSPS) is 16.5. The van der Waals surface area contributed by atoms with Crippen LogP contribution in [0.4, 0.5) is 5.69 Å². The smallest absolute Gasteiger partial charge is 0.277 e. The SMILES string of the molecule is CC(C)Cc1cc(C(=O)Nc2ccc3c(c2)CC(C)O3)no1. The second kappa shape index (κ2) is 5.83. The summed E-state index contributed by atoms with van der Waals surface area (Å²) < 4.78 is 10.8. The van der Waals surface area contributed by atoms with E-state index in [1.807, 2.05) is 25.1 Å². The standard InChI is InChI=1S/C17H20N2O3/c1-10(2)6-14-9-15(19-22-14)17(20)18-13-4-5-16-12(8-13)7-11(3)21-16/h4-5,8-11H,6-7H2,1-3H3,(H,18,20). The number of amides is 1. The molecule has 0 bridgehead atoms. The van der Waals surface area contributed by atoms with Gasteiger partial charge in [-0.05, 0) is 36.6 Å². The minimum Gasteiger partial charge on any atom is -0.490 e. The zero-order valence-electron chi connectivity index (χ0n) is 13.1. The van der Waals surface area contributed by atoms with Gasteiger partial charge < -0.3 is 14.6 Å². The number of ether oxygens (including phenoxy) is 1.